The molecule has 0 aliphatic rings. The second-order valence-electron chi connectivity index (χ2n) is 8.88. The molecule has 0 bridgehead atoms. The summed E-state index contributed by atoms with van der Waals surface area (Å²) < 4.78 is 26.8. The van der Waals surface area contributed by atoms with Gasteiger partial charge in [-0.15, -0.1) is 0 Å². The first-order valence-corrected chi connectivity index (χ1v) is 15.1. The van der Waals surface area contributed by atoms with Gasteiger partial charge in [-0.05, 0) is 37.1 Å². The Morgan fingerprint density at radius 2 is 1.54 bits per heavy atom. The Labute approximate surface area is 221 Å². The van der Waals surface area contributed by atoms with Crippen LogP contribution < -0.4 is 10.1 Å². The average molecular weight is 535 g/mol. The average Bonchev–Trinajstić information content (AvgIpc) is 2.92. The lowest BCUT2D eigenvalue weighted by Gasteiger charge is -2.24. The van der Waals surface area contributed by atoms with Crippen molar-refractivity contribution < 1.29 is 32.3 Å². The molecule has 0 radical (unpaired) electrons. The first kappa shape index (κ1) is 30.7. The van der Waals surface area contributed by atoms with Crippen molar-refractivity contribution in [3.63, 3.8) is 0 Å². The molecule has 1 aromatic carbocycles. The van der Waals surface area contributed by atoms with Crippen molar-refractivity contribution in [1.29, 1.82) is 0 Å². The van der Waals surface area contributed by atoms with Crippen LogP contribution in [-0.2, 0) is 18.0 Å². The molecule has 9 nitrogen and oxygen atoms in total. The fraction of sp³-hybridized carbons (Fsp3) is 0.593. The third-order valence-corrected chi connectivity index (χ3v) is 9.02. The zero-order valence-corrected chi connectivity index (χ0v) is 23.7. The number of benzene rings is 1. The summed E-state index contributed by atoms with van der Waals surface area (Å²) in [6.07, 6.45) is 9.75. The maximum Gasteiger partial charge on any atom is 0.500 e. The minimum Gasteiger partial charge on any atom is -0.494 e. The van der Waals surface area contributed by atoms with Gasteiger partial charge in [0, 0.05) is 39.3 Å². The summed E-state index contributed by atoms with van der Waals surface area (Å²) in [5.41, 5.74) is 0.675. The molecule has 206 valence electrons. The monoisotopic (exact) mass is 534 g/mol. The Hall–Kier alpha value is -2.53. The van der Waals surface area contributed by atoms with Crippen molar-refractivity contribution in [3.05, 3.63) is 36.0 Å². The third-order valence-electron chi connectivity index (χ3n) is 6.18. The predicted octanol–water partition coefficient (Wildman–Crippen LogP) is 5.89. The van der Waals surface area contributed by atoms with E-state index in [0.29, 0.717) is 24.6 Å². The van der Waals surface area contributed by atoms with Gasteiger partial charge in [-0.1, -0.05) is 57.9 Å². The highest BCUT2D eigenvalue weighted by molar-refractivity contribution is 6.60. The molecular weight excluding hydrogens is 492 g/mol. The quantitative estimate of drug-likeness (QED) is 0.109. The van der Waals surface area contributed by atoms with Crippen molar-refractivity contribution >= 4 is 31.8 Å². The number of unbranched alkanes of at least 4 members (excludes halogenated alkanes) is 7. The second-order valence-corrected chi connectivity index (χ2v) is 12.0. The molecule has 0 aliphatic carbocycles. The van der Waals surface area contributed by atoms with E-state index in [4.69, 9.17) is 22.8 Å². The van der Waals surface area contributed by atoms with E-state index >= 15 is 0 Å². The molecule has 1 N–H and O–H groups in total. The summed E-state index contributed by atoms with van der Waals surface area (Å²) >= 11 is 0. The number of alkyl carbamates (subject to hydrolysis) is 1. The fourth-order valence-electron chi connectivity index (χ4n) is 3.96. The van der Waals surface area contributed by atoms with Gasteiger partial charge >= 0.3 is 20.9 Å². The first-order chi connectivity index (χ1) is 18.0. The first-order valence-electron chi connectivity index (χ1n) is 13.2. The highest BCUT2D eigenvalue weighted by Crippen LogP contribution is 2.21. The van der Waals surface area contributed by atoms with Crippen LogP contribution >= 0.6 is 0 Å². The maximum atomic E-state index is 12.4. The number of hydrogen-bond acceptors (Lipinski definition) is 8. The molecule has 10 heteroatoms. The summed E-state index contributed by atoms with van der Waals surface area (Å²) in [4.78, 5) is 28.7. The normalized spacial score (nSPS) is 11.5. The van der Waals surface area contributed by atoms with Crippen LogP contribution in [0.25, 0.3) is 10.9 Å². The van der Waals surface area contributed by atoms with Crippen molar-refractivity contribution in [2.24, 2.45) is 0 Å². The van der Waals surface area contributed by atoms with Crippen LogP contribution in [0, 0.1) is 0 Å². The van der Waals surface area contributed by atoms with E-state index in [1.807, 2.05) is 12.1 Å². The standard InChI is InChI=1S/C27H42N2O7Si/c1-5-6-7-8-9-10-11-12-19-35-23-15-17-24-22(21-23)14-16-25(29-24)26(30)36-27(31)28-18-13-20-37(32-2,33-3)34-4/h14-17,21H,5-13,18-20H2,1-4H3,(H,28,31). The Bertz CT molecular complexity index is 961. The van der Waals surface area contributed by atoms with E-state index in [9.17, 15) is 9.59 Å². The van der Waals surface area contributed by atoms with E-state index < -0.39 is 20.9 Å². The summed E-state index contributed by atoms with van der Waals surface area (Å²) in [7, 11) is 1.89. The van der Waals surface area contributed by atoms with Crippen LogP contribution in [-0.4, -0.2) is 60.3 Å². The molecule has 0 unspecified atom stereocenters. The smallest absolute Gasteiger partial charge is 0.494 e. The molecule has 1 amide bonds. The van der Waals surface area contributed by atoms with E-state index in [1.54, 1.807) is 12.1 Å². The summed E-state index contributed by atoms with van der Waals surface area (Å²) in [5, 5.41) is 3.39. The lowest BCUT2D eigenvalue weighted by molar-refractivity contribution is 0.0616. The molecule has 0 spiro atoms. The number of amides is 1. The molecule has 1 heterocycles. The van der Waals surface area contributed by atoms with Gasteiger partial charge in [0.1, 0.15) is 11.4 Å². The maximum absolute atomic E-state index is 12.4. The summed E-state index contributed by atoms with van der Waals surface area (Å²) in [6.45, 7) is 3.20. The van der Waals surface area contributed by atoms with Gasteiger partial charge in [0.15, 0.2) is 0 Å². The number of nitrogens with zero attached hydrogens (tertiary/aromatic N) is 1. The Balaban J connectivity index is 1.74. The van der Waals surface area contributed by atoms with E-state index in [0.717, 1.165) is 17.6 Å². The second kappa shape index (κ2) is 17.1. The van der Waals surface area contributed by atoms with E-state index in [1.165, 1.54) is 72.3 Å². The topological polar surface area (TPSA) is 105 Å². The number of aromatic nitrogens is 1. The molecule has 1 aromatic heterocycles. The van der Waals surface area contributed by atoms with Gasteiger partial charge < -0.3 is 28.1 Å². The molecule has 37 heavy (non-hydrogen) atoms. The lowest BCUT2D eigenvalue weighted by atomic mass is 10.1. The number of carbonyl (C=O) groups excluding carboxylic acids is 2. The van der Waals surface area contributed by atoms with E-state index in [2.05, 4.69) is 17.2 Å². The number of pyridine rings is 1. The zero-order chi connectivity index (χ0) is 26.9. The largest absolute Gasteiger partial charge is 0.500 e. The number of fused-ring (bicyclic) bond motifs is 1. The number of rotatable bonds is 18. The predicted molar refractivity (Wildman–Crippen MR) is 145 cm³/mol. The number of carbonyl (C=O) groups is 2. The summed E-state index contributed by atoms with van der Waals surface area (Å²) in [5.74, 6) is -0.0433. The van der Waals surface area contributed by atoms with Crippen LogP contribution in [0.15, 0.2) is 30.3 Å². The van der Waals surface area contributed by atoms with Gasteiger partial charge in [-0.25, -0.2) is 14.6 Å². The highest BCUT2D eigenvalue weighted by atomic mass is 28.4. The van der Waals surface area contributed by atoms with Crippen LogP contribution in [0.5, 0.6) is 5.75 Å². The number of ether oxygens (including phenoxy) is 2. The molecule has 0 aliphatic heterocycles. The molecule has 0 saturated carbocycles. The van der Waals surface area contributed by atoms with Gasteiger partial charge in [0.05, 0.1) is 12.1 Å². The molecule has 0 atom stereocenters. The summed E-state index contributed by atoms with van der Waals surface area (Å²) in [6, 6.07) is 9.36. The minimum absolute atomic E-state index is 0.0554. The SMILES string of the molecule is CCCCCCCCCCOc1ccc2nc(C(=O)OC(=O)NCCC[Si](OC)(OC)OC)ccc2c1. The highest BCUT2D eigenvalue weighted by Gasteiger charge is 2.36. The number of nitrogens with one attached hydrogen (secondary N) is 1. The Kier molecular flexibility index (Phi) is 14.2. The molecule has 0 saturated heterocycles. The molecule has 2 aromatic rings. The van der Waals surface area contributed by atoms with Gasteiger partial charge in [-0.3, -0.25) is 0 Å². The number of esters is 1. The van der Waals surface area contributed by atoms with Crippen molar-refractivity contribution in [2.45, 2.75) is 70.8 Å². The molecule has 2 rings (SSSR count). The Morgan fingerprint density at radius 3 is 2.22 bits per heavy atom. The van der Waals surface area contributed by atoms with E-state index in [-0.39, 0.29) is 12.2 Å². The van der Waals surface area contributed by atoms with Crippen molar-refractivity contribution in [2.75, 3.05) is 34.5 Å². The van der Waals surface area contributed by atoms with Crippen molar-refractivity contribution in [1.82, 2.24) is 10.3 Å². The van der Waals surface area contributed by atoms with Gasteiger partial charge in [-0.2, -0.15) is 0 Å². The number of hydrogen-bond donors (Lipinski definition) is 1. The molecular formula is C27H42N2O7Si. The van der Waals surface area contributed by atoms with Crippen LogP contribution in [0.4, 0.5) is 4.79 Å². The van der Waals surface area contributed by atoms with Crippen LogP contribution in [0.3, 0.4) is 0 Å². The van der Waals surface area contributed by atoms with Crippen LogP contribution in [0.1, 0.15) is 75.2 Å². The van der Waals surface area contributed by atoms with Crippen LogP contribution in [0.2, 0.25) is 6.04 Å². The van der Waals surface area contributed by atoms with Crippen molar-refractivity contribution in [3.8, 4) is 5.75 Å². The third kappa shape index (κ3) is 10.8. The zero-order valence-electron chi connectivity index (χ0n) is 22.7. The molecule has 0 fully saturated rings. The van der Waals surface area contributed by atoms with Gasteiger partial charge in [0.25, 0.3) is 0 Å². The minimum atomic E-state index is -2.70. The fourth-order valence-corrected chi connectivity index (χ4v) is 5.68. The lowest BCUT2D eigenvalue weighted by Crippen LogP contribution is -2.43. The Morgan fingerprint density at radius 1 is 0.865 bits per heavy atom. The van der Waals surface area contributed by atoms with Gasteiger partial charge in [0.2, 0.25) is 0 Å².